The SMILES string of the molecule is CS(=O)(=O)c1cnc(-c2ccccn2)nc1[C@H]1CCCNC1. The number of pyridine rings is 1. The Balaban J connectivity index is 2.10. The Labute approximate surface area is 130 Å². The highest BCUT2D eigenvalue weighted by atomic mass is 32.2. The van der Waals surface area contributed by atoms with Crippen LogP contribution in [0.1, 0.15) is 24.5 Å². The molecule has 3 heterocycles. The number of rotatable bonds is 3. The minimum atomic E-state index is -3.35. The van der Waals surface area contributed by atoms with Gasteiger partial charge in [0.25, 0.3) is 0 Å². The number of piperidine rings is 1. The van der Waals surface area contributed by atoms with Gasteiger partial charge in [0.2, 0.25) is 0 Å². The predicted octanol–water partition coefficient (Wildman–Crippen LogP) is 1.41. The lowest BCUT2D eigenvalue weighted by Crippen LogP contribution is -2.30. The molecule has 0 radical (unpaired) electrons. The van der Waals surface area contributed by atoms with Crippen molar-refractivity contribution >= 4 is 9.84 Å². The average molecular weight is 318 g/mol. The van der Waals surface area contributed by atoms with Crippen molar-refractivity contribution in [3.05, 3.63) is 36.3 Å². The monoisotopic (exact) mass is 318 g/mol. The summed E-state index contributed by atoms with van der Waals surface area (Å²) >= 11 is 0. The first-order valence-electron chi connectivity index (χ1n) is 7.25. The highest BCUT2D eigenvalue weighted by molar-refractivity contribution is 7.90. The molecule has 0 unspecified atom stereocenters. The zero-order chi connectivity index (χ0) is 15.6. The number of nitrogens with zero attached hydrogens (tertiary/aromatic N) is 3. The van der Waals surface area contributed by atoms with Crippen LogP contribution in [0.25, 0.3) is 11.5 Å². The first kappa shape index (κ1) is 15.1. The Hall–Kier alpha value is -1.86. The van der Waals surface area contributed by atoms with E-state index in [1.54, 1.807) is 6.20 Å². The average Bonchev–Trinajstić information content (AvgIpc) is 2.55. The fourth-order valence-electron chi connectivity index (χ4n) is 2.67. The van der Waals surface area contributed by atoms with Gasteiger partial charge in [0, 0.05) is 31.1 Å². The second kappa shape index (κ2) is 6.10. The fourth-order valence-corrected chi connectivity index (χ4v) is 3.50. The maximum Gasteiger partial charge on any atom is 0.178 e. The molecule has 7 heteroatoms. The number of sulfone groups is 1. The molecule has 0 aliphatic carbocycles. The Bertz CT molecular complexity index is 756. The summed E-state index contributed by atoms with van der Waals surface area (Å²) < 4.78 is 24.1. The minimum absolute atomic E-state index is 0.0870. The van der Waals surface area contributed by atoms with Gasteiger partial charge in [-0.2, -0.15) is 0 Å². The Kier molecular flexibility index (Phi) is 4.17. The first-order chi connectivity index (χ1) is 10.6. The van der Waals surface area contributed by atoms with Crippen LogP contribution in [0.15, 0.2) is 35.5 Å². The van der Waals surface area contributed by atoms with Crippen LogP contribution in [-0.2, 0) is 9.84 Å². The van der Waals surface area contributed by atoms with E-state index in [2.05, 4.69) is 20.3 Å². The highest BCUT2D eigenvalue weighted by Gasteiger charge is 2.25. The molecule has 1 aliphatic rings. The van der Waals surface area contributed by atoms with Crippen LogP contribution in [0.2, 0.25) is 0 Å². The van der Waals surface area contributed by atoms with Crippen molar-refractivity contribution in [2.75, 3.05) is 19.3 Å². The summed E-state index contributed by atoms with van der Waals surface area (Å²) in [5.74, 6) is 0.553. The molecule has 22 heavy (non-hydrogen) atoms. The molecule has 0 saturated carbocycles. The molecule has 116 valence electrons. The molecule has 1 N–H and O–H groups in total. The standard InChI is InChI=1S/C15H18N4O2S/c1-22(20,21)13-10-18-15(12-6-2-3-8-17-12)19-14(13)11-5-4-7-16-9-11/h2-3,6,8,10-11,16H,4-5,7,9H2,1H3/t11-/m0/s1. The van der Waals surface area contributed by atoms with E-state index in [9.17, 15) is 8.42 Å². The molecule has 1 saturated heterocycles. The summed E-state index contributed by atoms with van der Waals surface area (Å²) in [5.41, 5.74) is 1.25. The van der Waals surface area contributed by atoms with E-state index < -0.39 is 9.84 Å². The van der Waals surface area contributed by atoms with Crippen molar-refractivity contribution < 1.29 is 8.42 Å². The lowest BCUT2D eigenvalue weighted by atomic mass is 9.96. The topological polar surface area (TPSA) is 84.8 Å². The molecule has 3 rings (SSSR count). The van der Waals surface area contributed by atoms with Crippen LogP contribution in [-0.4, -0.2) is 42.7 Å². The third-order valence-corrected chi connectivity index (χ3v) is 4.87. The van der Waals surface area contributed by atoms with Crippen molar-refractivity contribution in [1.82, 2.24) is 20.3 Å². The van der Waals surface area contributed by atoms with Crippen LogP contribution in [0.3, 0.4) is 0 Å². The van der Waals surface area contributed by atoms with Crippen LogP contribution in [0, 0.1) is 0 Å². The second-order valence-corrected chi connectivity index (χ2v) is 7.46. The Morgan fingerprint density at radius 2 is 2.14 bits per heavy atom. The van der Waals surface area contributed by atoms with Crippen LogP contribution < -0.4 is 5.32 Å². The molecular weight excluding hydrogens is 300 g/mol. The van der Waals surface area contributed by atoms with Gasteiger partial charge in [-0.15, -0.1) is 0 Å². The normalized spacial score (nSPS) is 19.0. The summed E-state index contributed by atoms with van der Waals surface area (Å²) in [6.45, 7) is 1.70. The molecule has 2 aromatic heterocycles. The summed E-state index contributed by atoms with van der Waals surface area (Å²) in [6, 6.07) is 5.50. The maximum atomic E-state index is 12.0. The van der Waals surface area contributed by atoms with Crippen molar-refractivity contribution in [2.24, 2.45) is 0 Å². The largest absolute Gasteiger partial charge is 0.316 e. The number of aromatic nitrogens is 3. The minimum Gasteiger partial charge on any atom is -0.316 e. The second-order valence-electron chi connectivity index (χ2n) is 5.47. The number of hydrogen-bond acceptors (Lipinski definition) is 6. The van der Waals surface area contributed by atoms with Gasteiger partial charge >= 0.3 is 0 Å². The lowest BCUT2D eigenvalue weighted by molar-refractivity contribution is 0.448. The molecule has 1 fully saturated rings. The summed E-state index contributed by atoms with van der Waals surface area (Å²) in [6.07, 6.45) is 6.22. The smallest absolute Gasteiger partial charge is 0.178 e. The molecule has 0 aromatic carbocycles. The van der Waals surface area contributed by atoms with E-state index in [0.29, 0.717) is 17.2 Å². The molecular formula is C15H18N4O2S. The molecule has 0 amide bonds. The molecule has 1 aliphatic heterocycles. The van der Waals surface area contributed by atoms with E-state index >= 15 is 0 Å². The third kappa shape index (κ3) is 3.15. The molecule has 0 spiro atoms. The van der Waals surface area contributed by atoms with Gasteiger partial charge in [0.05, 0.1) is 5.69 Å². The van der Waals surface area contributed by atoms with Gasteiger partial charge in [-0.1, -0.05) is 6.07 Å². The predicted molar refractivity (Wildman–Crippen MR) is 83.2 cm³/mol. The van der Waals surface area contributed by atoms with Crippen LogP contribution in [0.5, 0.6) is 0 Å². The van der Waals surface area contributed by atoms with Crippen molar-refractivity contribution in [1.29, 1.82) is 0 Å². The molecule has 6 nitrogen and oxygen atoms in total. The van der Waals surface area contributed by atoms with E-state index in [-0.39, 0.29) is 10.8 Å². The fraction of sp³-hybridized carbons (Fsp3) is 0.400. The van der Waals surface area contributed by atoms with E-state index in [1.807, 2.05) is 18.2 Å². The van der Waals surface area contributed by atoms with Gasteiger partial charge < -0.3 is 5.32 Å². The lowest BCUT2D eigenvalue weighted by Gasteiger charge is -2.24. The molecule has 1 atom stereocenters. The summed E-state index contributed by atoms with van der Waals surface area (Å²) in [5, 5.41) is 3.30. The van der Waals surface area contributed by atoms with E-state index in [4.69, 9.17) is 0 Å². The highest BCUT2D eigenvalue weighted by Crippen LogP contribution is 2.28. The summed E-state index contributed by atoms with van der Waals surface area (Å²) in [4.78, 5) is 13.2. The van der Waals surface area contributed by atoms with E-state index in [0.717, 1.165) is 25.9 Å². The van der Waals surface area contributed by atoms with Crippen LogP contribution >= 0.6 is 0 Å². The number of hydrogen-bond donors (Lipinski definition) is 1. The van der Waals surface area contributed by atoms with E-state index in [1.165, 1.54) is 12.5 Å². The van der Waals surface area contributed by atoms with Crippen molar-refractivity contribution in [3.8, 4) is 11.5 Å². The molecule has 2 aromatic rings. The molecule has 0 bridgehead atoms. The zero-order valence-corrected chi connectivity index (χ0v) is 13.2. The summed E-state index contributed by atoms with van der Waals surface area (Å²) in [7, 11) is -3.35. The van der Waals surface area contributed by atoms with Gasteiger partial charge in [-0.25, -0.2) is 18.4 Å². The maximum absolute atomic E-state index is 12.0. The number of nitrogens with one attached hydrogen (secondary N) is 1. The van der Waals surface area contributed by atoms with Gasteiger partial charge in [0.15, 0.2) is 15.7 Å². The van der Waals surface area contributed by atoms with Crippen molar-refractivity contribution in [2.45, 2.75) is 23.7 Å². The third-order valence-electron chi connectivity index (χ3n) is 3.76. The Morgan fingerprint density at radius 3 is 2.77 bits per heavy atom. The van der Waals surface area contributed by atoms with Crippen LogP contribution in [0.4, 0.5) is 0 Å². The quantitative estimate of drug-likeness (QED) is 0.921. The first-order valence-corrected chi connectivity index (χ1v) is 9.14. The Morgan fingerprint density at radius 1 is 1.27 bits per heavy atom. The van der Waals surface area contributed by atoms with Gasteiger partial charge in [0.1, 0.15) is 10.6 Å². The van der Waals surface area contributed by atoms with Gasteiger partial charge in [-0.3, -0.25) is 4.98 Å². The van der Waals surface area contributed by atoms with Crippen molar-refractivity contribution in [3.63, 3.8) is 0 Å². The van der Waals surface area contributed by atoms with Gasteiger partial charge in [-0.05, 0) is 31.5 Å². The zero-order valence-electron chi connectivity index (χ0n) is 12.4.